The van der Waals surface area contributed by atoms with Crippen LogP contribution >= 0.6 is 0 Å². The molecule has 166 valence electrons. The van der Waals surface area contributed by atoms with Gasteiger partial charge in [0.2, 0.25) is 0 Å². The molecule has 31 heavy (non-hydrogen) atoms. The first-order chi connectivity index (χ1) is 14.4. The molecule has 0 saturated carbocycles. The Kier molecular flexibility index (Phi) is 6.61. The number of carbonyl (C=O) groups excluding carboxylic acids is 2. The first-order valence-corrected chi connectivity index (χ1v) is 13.4. The molecule has 0 aliphatic carbocycles. The molecule has 1 N–H and O–H groups in total. The number of aromatic nitrogens is 2. The van der Waals surface area contributed by atoms with Crippen LogP contribution in [0, 0.1) is 6.92 Å². The molecular formula is C23H31N3O4Si. The molecule has 3 rings (SSSR count). The number of ether oxygens (including phenoxy) is 1. The summed E-state index contributed by atoms with van der Waals surface area (Å²) in [5.74, 6) is 1.04. The van der Waals surface area contributed by atoms with Gasteiger partial charge in [-0.3, -0.25) is 9.59 Å². The summed E-state index contributed by atoms with van der Waals surface area (Å²) in [5, 5.41) is 2.99. The highest BCUT2D eigenvalue weighted by Gasteiger charge is 2.37. The fraction of sp³-hybridized carbons (Fsp3) is 0.478. The third-order valence-corrected chi connectivity index (χ3v) is 10.3. The van der Waals surface area contributed by atoms with Gasteiger partial charge < -0.3 is 14.5 Å². The number of carbonyl (C=O) groups is 2. The van der Waals surface area contributed by atoms with Crippen LogP contribution in [-0.2, 0) is 28.8 Å². The zero-order chi connectivity index (χ0) is 22.8. The molecule has 7 nitrogen and oxygen atoms in total. The van der Waals surface area contributed by atoms with E-state index in [4.69, 9.17) is 9.16 Å². The Morgan fingerprint density at radius 3 is 2.68 bits per heavy atom. The van der Waals surface area contributed by atoms with Crippen LogP contribution in [0.25, 0.3) is 0 Å². The van der Waals surface area contributed by atoms with Gasteiger partial charge in [0.05, 0.1) is 12.3 Å². The predicted octanol–water partition coefficient (Wildman–Crippen LogP) is 3.74. The normalized spacial score (nSPS) is 14.1. The number of benzene rings is 1. The van der Waals surface area contributed by atoms with Crippen molar-refractivity contribution in [2.24, 2.45) is 0 Å². The summed E-state index contributed by atoms with van der Waals surface area (Å²) in [4.78, 5) is 33.0. The van der Waals surface area contributed by atoms with Crippen LogP contribution in [0.4, 0.5) is 0 Å². The fourth-order valence-electron chi connectivity index (χ4n) is 3.01. The number of fused-ring (bicyclic) bond motifs is 1. The fourth-order valence-corrected chi connectivity index (χ4v) is 3.95. The van der Waals surface area contributed by atoms with Crippen LogP contribution in [0.15, 0.2) is 24.3 Å². The SMILES string of the molecule is Cc1nc(CO[Si](C)(C)C(C)(C)C)cc(C(=O)NCc2ccc3c(c2)CC(=O)CO3)n1. The van der Waals surface area contributed by atoms with Gasteiger partial charge in [0, 0.05) is 18.5 Å². The van der Waals surface area contributed by atoms with Crippen LogP contribution in [0.3, 0.4) is 0 Å². The van der Waals surface area contributed by atoms with Crippen molar-refractivity contribution in [3.8, 4) is 5.75 Å². The van der Waals surface area contributed by atoms with E-state index in [0.717, 1.165) is 16.9 Å². The van der Waals surface area contributed by atoms with Crippen LogP contribution in [0.2, 0.25) is 18.1 Å². The van der Waals surface area contributed by atoms with E-state index in [9.17, 15) is 9.59 Å². The maximum Gasteiger partial charge on any atom is 0.270 e. The van der Waals surface area contributed by atoms with E-state index >= 15 is 0 Å². The zero-order valence-electron chi connectivity index (χ0n) is 19.2. The van der Waals surface area contributed by atoms with E-state index in [1.54, 1.807) is 13.0 Å². The number of Topliss-reactive ketones (excluding diaryl/α,β-unsaturated/α-hetero) is 1. The summed E-state index contributed by atoms with van der Waals surface area (Å²) in [7, 11) is -1.92. The van der Waals surface area contributed by atoms with Gasteiger partial charge in [-0.05, 0) is 48.8 Å². The van der Waals surface area contributed by atoms with Gasteiger partial charge in [-0.1, -0.05) is 26.8 Å². The molecule has 0 fully saturated rings. The van der Waals surface area contributed by atoms with E-state index in [0.29, 0.717) is 36.8 Å². The number of nitrogens with one attached hydrogen (secondary N) is 1. The number of hydrogen-bond donors (Lipinski definition) is 1. The van der Waals surface area contributed by atoms with Crippen molar-refractivity contribution in [3.05, 3.63) is 52.6 Å². The zero-order valence-corrected chi connectivity index (χ0v) is 20.2. The van der Waals surface area contributed by atoms with Gasteiger partial charge in [0.1, 0.15) is 23.9 Å². The van der Waals surface area contributed by atoms with Crippen molar-refractivity contribution in [2.45, 2.75) is 65.4 Å². The first-order valence-electron chi connectivity index (χ1n) is 10.5. The summed E-state index contributed by atoms with van der Waals surface area (Å²) in [6, 6.07) is 7.32. The molecule has 1 aliphatic heterocycles. The third kappa shape index (κ3) is 5.77. The van der Waals surface area contributed by atoms with Crippen molar-refractivity contribution in [1.82, 2.24) is 15.3 Å². The van der Waals surface area contributed by atoms with E-state index in [-0.39, 0.29) is 23.3 Å². The minimum Gasteiger partial charge on any atom is -0.486 e. The summed E-state index contributed by atoms with van der Waals surface area (Å²) in [5.41, 5.74) is 2.77. The van der Waals surface area contributed by atoms with Crippen molar-refractivity contribution >= 4 is 20.0 Å². The number of nitrogens with zero attached hydrogens (tertiary/aromatic N) is 2. The third-order valence-electron chi connectivity index (χ3n) is 5.86. The Balaban J connectivity index is 1.65. The Morgan fingerprint density at radius 1 is 1.23 bits per heavy atom. The van der Waals surface area contributed by atoms with Crippen molar-refractivity contribution in [1.29, 1.82) is 0 Å². The summed E-state index contributed by atoms with van der Waals surface area (Å²) in [6.07, 6.45) is 0.361. The molecule has 0 unspecified atom stereocenters. The molecule has 8 heteroatoms. The second-order valence-electron chi connectivity index (χ2n) is 9.47. The lowest BCUT2D eigenvalue weighted by Gasteiger charge is -2.36. The van der Waals surface area contributed by atoms with Crippen LogP contribution in [0.1, 0.15) is 53.9 Å². The van der Waals surface area contributed by atoms with Gasteiger partial charge in [-0.25, -0.2) is 9.97 Å². The lowest BCUT2D eigenvalue weighted by Crippen LogP contribution is -2.40. The number of ketones is 1. The molecule has 1 aromatic heterocycles. The summed E-state index contributed by atoms with van der Waals surface area (Å²) >= 11 is 0. The maximum atomic E-state index is 12.7. The molecule has 2 heterocycles. The number of amides is 1. The highest BCUT2D eigenvalue weighted by atomic mass is 28.4. The highest BCUT2D eigenvalue weighted by Crippen LogP contribution is 2.37. The Hall–Kier alpha value is -2.58. The molecule has 0 atom stereocenters. The van der Waals surface area contributed by atoms with Crippen LogP contribution < -0.4 is 10.1 Å². The van der Waals surface area contributed by atoms with Crippen molar-refractivity contribution < 1.29 is 18.8 Å². The molecule has 0 saturated heterocycles. The quantitative estimate of drug-likeness (QED) is 0.687. The van der Waals surface area contributed by atoms with Gasteiger partial charge in [0.25, 0.3) is 5.91 Å². The maximum absolute atomic E-state index is 12.7. The largest absolute Gasteiger partial charge is 0.486 e. The summed E-state index contributed by atoms with van der Waals surface area (Å²) < 4.78 is 11.7. The van der Waals surface area contributed by atoms with Crippen molar-refractivity contribution in [2.75, 3.05) is 6.61 Å². The molecular weight excluding hydrogens is 410 g/mol. The first kappa shape index (κ1) is 23.1. The lowest BCUT2D eigenvalue weighted by atomic mass is 10.0. The van der Waals surface area contributed by atoms with Crippen LogP contribution in [-0.4, -0.2) is 36.6 Å². The highest BCUT2D eigenvalue weighted by molar-refractivity contribution is 6.74. The smallest absolute Gasteiger partial charge is 0.270 e. The van der Waals surface area contributed by atoms with E-state index < -0.39 is 8.32 Å². The monoisotopic (exact) mass is 441 g/mol. The summed E-state index contributed by atoms with van der Waals surface area (Å²) in [6.45, 7) is 13.5. The van der Waals surface area contributed by atoms with Crippen LogP contribution in [0.5, 0.6) is 5.75 Å². The lowest BCUT2D eigenvalue weighted by molar-refractivity contribution is -0.121. The molecule has 1 aromatic carbocycles. The molecule has 1 aliphatic rings. The standard InChI is InChI=1S/C23H31N3O4Si/c1-15-25-18(13-30-31(5,6)23(2,3)4)11-20(26-15)22(28)24-12-16-7-8-21-17(9-16)10-19(27)14-29-21/h7-9,11H,10,12-14H2,1-6H3,(H,24,28). The van der Waals surface area contributed by atoms with E-state index in [2.05, 4.69) is 49.1 Å². The average Bonchev–Trinajstić information content (AvgIpc) is 2.69. The van der Waals surface area contributed by atoms with Gasteiger partial charge in [0.15, 0.2) is 14.1 Å². The topological polar surface area (TPSA) is 90.4 Å². The molecule has 2 aromatic rings. The Bertz CT molecular complexity index is 999. The second kappa shape index (κ2) is 8.88. The van der Waals surface area contributed by atoms with Gasteiger partial charge >= 0.3 is 0 Å². The number of rotatable bonds is 6. The van der Waals surface area contributed by atoms with E-state index in [1.165, 1.54) is 0 Å². The molecule has 0 bridgehead atoms. The molecule has 0 spiro atoms. The number of hydrogen-bond acceptors (Lipinski definition) is 6. The van der Waals surface area contributed by atoms with Crippen molar-refractivity contribution in [3.63, 3.8) is 0 Å². The number of aryl methyl sites for hydroxylation is 1. The Morgan fingerprint density at radius 2 is 1.97 bits per heavy atom. The second-order valence-corrected chi connectivity index (χ2v) is 14.3. The minimum atomic E-state index is -1.92. The predicted molar refractivity (Wildman–Crippen MR) is 121 cm³/mol. The van der Waals surface area contributed by atoms with Gasteiger partial charge in [-0.15, -0.1) is 0 Å². The molecule has 1 amide bonds. The Labute approximate surface area is 184 Å². The minimum absolute atomic E-state index is 0.0533. The average molecular weight is 442 g/mol. The van der Waals surface area contributed by atoms with E-state index in [1.807, 2.05) is 18.2 Å². The molecule has 0 radical (unpaired) electrons. The van der Waals surface area contributed by atoms with Gasteiger partial charge in [-0.2, -0.15) is 0 Å².